The van der Waals surface area contributed by atoms with Crippen molar-refractivity contribution in [2.75, 3.05) is 0 Å². The van der Waals surface area contributed by atoms with Gasteiger partial charge in [-0.1, -0.05) is 68.4 Å². The van der Waals surface area contributed by atoms with Crippen LogP contribution in [0.4, 0.5) is 0 Å². The molecule has 0 saturated heterocycles. The van der Waals surface area contributed by atoms with Crippen LogP contribution < -0.4 is 0 Å². The maximum absolute atomic E-state index is 10.4. The van der Waals surface area contributed by atoms with Gasteiger partial charge in [0.25, 0.3) is 0 Å². The van der Waals surface area contributed by atoms with Crippen molar-refractivity contribution < 1.29 is 20.1 Å². The van der Waals surface area contributed by atoms with Crippen LogP contribution in [0.5, 0.6) is 0 Å². The number of hydrogen-bond donors (Lipinski definition) is 3. The zero-order valence-corrected chi connectivity index (χ0v) is 16.1. The van der Waals surface area contributed by atoms with Crippen LogP contribution in [-0.4, -0.2) is 33.5 Å². The average molecular weight is 365 g/mol. The lowest BCUT2D eigenvalue weighted by Crippen LogP contribution is -2.03. The zero-order valence-electron chi connectivity index (χ0n) is 16.1. The van der Waals surface area contributed by atoms with Crippen LogP contribution in [0.3, 0.4) is 0 Å². The fourth-order valence-corrected chi connectivity index (χ4v) is 2.37. The van der Waals surface area contributed by atoms with Crippen LogP contribution in [-0.2, 0) is 4.79 Å². The molecule has 0 aromatic carbocycles. The highest BCUT2D eigenvalue weighted by molar-refractivity contribution is 5.66. The second-order valence-electron chi connectivity index (χ2n) is 6.43. The van der Waals surface area contributed by atoms with Gasteiger partial charge in [0.05, 0.1) is 12.2 Å². The van der Waals surface area contributed by atoms with Crippen molar-refractivity contribution in [1.82, 2.24) is 0 Å². The highest BCUT2D eigenvalue weighted by atomic mass is 16.4. The number of rotatable bonds is 16. The maximum atomic E-state index is 10.4. The largest absolute Gasteiger partial charge is 0.481 e. The Morgan fingerprint density at radius 2 is 1.73 bits per heavy atom. The highest BCUT2D eigenvalue weighted by Crippen LogP contribution is 2.07. The molecule has 0 amide bonds. The molecule has 0 bridgehead atoms. The number of unbranched alkanes of at least 4 members (excludes halogenated alkanes) is 2. The van der Waals surface area contributed by atoms with Crippen molar-refractivity contribution >= 4 is 5.97 Å². The van der Waals surface area contributed by atoms with Crippen molar-refractivity contribution in [3.63, 3.8) is 0 Å². The summed E-state index contributed by atoms with van der Waals surface area (Å²) in [6.45, 7) is 2.10. The molecule has 0 aliphatic heterocycles. The molecule has 2 atom stereocenters. The summed E-state index contributed by atoms with van der Waals surface area (Å²) < 4.78 is 0. The summed E-state index contributed by atoms with van der Waals surface area (Å²) >= 11 is 0. The van der Waals surface area contributed by atoms with Gasteiger partial charge in [0.2, 0.25) is 0 Å². The third kappa shape index (κ3) is 18.7. The smallest absolute Gasteiger partial charge is 0.303 e. The molecular weight excluding hydrogens is 328 g/mol. The quantitative estimate of drug-likeness (QED) is 0.206. The normalized spacial score (nSPS) is 14.9. The molecule has 4 heteroatoms. The predicted molar refractivity (Wildman–Crippen MR) is 108 cm³/mol. The molecule has 0 fully saturated rings. The molecule has 0 spiro atoms. The second-order valence-corrected chi connectivity index (χ2v) is 6.43. The number of carboxylic acid groups (broad SMARTS) is 1. The maximum Gasteiger partial charge on any atom is 0.303 e. The Bertz CT molecular complexity index is 449. The molecular formula is C22H36O4. The van der Waals surface area contributed by atoms with Crippen molar-refractivity contribution in [3.05, 3.63) is 48.6 Å². The van der Waals surface area contributed by atoms with E-state index in [0.29, 0.717) is 19.3 Å². The van der Waals surface area contributed by atoms with E-state index < -0.39 is 12.1 Å². The van der Waals surface area contributed by atoms with Gasteiger partial charge in [-0.25, -0.2) is 0 Å². The Labute approximate surface area is 158 Å². The molecule has 3 N–H and O–H groups in total. The van der Waals surface area contributed by atoms with Gasteiger partial charge < -0.3 is 15.3 Å². The van der Waals surface area contributed by atoms with Gasteiger partial charge in [0, 0.05) is 6.42 Å². The van der Waals surface area contributed by atoms with E-state index in [-0.39, 0.29) is 12.5 Å². The van der Waals surface area contributed by atoms with E-state index in [1.165, 1.54) is 0 Å². The van der Waals surface area contributed by atoms with Gasteiger partial charge >= 0.3 is 5.97 Å². The number of hydrogen-bond acceptors (Lipinski definition) is 3. The third-order valence-electron chi connectivity index (χ3n) is 3.89. The van der Waals surface area contributed by atoms with E-state index in [4.69, 9.17) is 5.11 Å². The van der Waals surface area contributed by atoms with Crippen molar-refractivity contribution in [2.45, 2.75) is 83.3 Å². The van der Waals surface area contributed by atoms with Gasteiger partial charge in [-0.3, -0.25) is 4.79 Å². The van der Waals surface area contributed by atoms with E-state index in [0.717, 1.165) is 38.5 Å². The molecule has 0 aromatic heterocycles. The minimum atomic E-state index is -0.761. The number of carboxylic acids is 1. The molecule has 0 aliphatic carbocycles. The van der Waals surface area contributed by atoms with E-state index >= 15 is 0 Å². The van der Waals surface area contributed by atoms with Gasteiger partial charge in [-0.05, 0) is 44.9 Å². The van der Waals surface area contributed by atoms with Gasteiger partial charge in [-0.2, -0.15) is 0 Å². The van der Waals surface area contributed by atoms with E-state index in [1.54, 1.807) is 6.08 Å². The Balaban J connectivity index is 3.67. The third-order valence-corrected chi connectivity index (χ3v) is 3.89. The summed E-state index contributed by atoms with van der Waals surface area (Å²) in [4.78, 5) is 10.4. The SMILES string of the molecule is CC/C=C\CCC(O)C/C=C\C/C=C\C=C\C(O)CCCCCC(=O)O. The topological polar surface area (TPSA) is 77.8 Å². The van der Waals surface area contributed by atoms with Crippen molar-refractivity contribution in [2.24, 2.45) is 0 Å². The summed E-state index contributed by atoms with van der Waals surface area (Å²) in [6.07, 6.45) is 22.5. The minimum Gasteiger partial charge on any atom is -0.481 e. The Kier molecular flexibility index (Phi) is 17.0. The minimum absolute atomic E-state index is 0.203. The first-order valence-corrected chi connectivity index (χ1v) is 9.77. The first kappa shape index (κ1) is 24.4. The molecule has 0 saturated carbocycles. The van der Waals surface area contributed by atoms with Crippen LogP contribution in [0.15, 0.2) is 48.6 Å². The van der Waals surface area contributed by atoms with Crippen LogP contribution >= 0.6 is 0 Å². The van der Waals surface area contributed by atoms with Crippen LogP contribution in [0.25, 0.3) is 0 Å². The number of allylic oxidation sites excluding steroid dienone is 6. The molecule has 0 aromatic rings. The lowest BCUT2D eigenvalue weighted by molar-refractivity contribution is -0.137. The molecule has 0 heterocycles. The molecule has 4 nitrogen and oxygen atoms in total. The predicted octanol–water partition coefficient (Wildman–Crippen LogP) is 4.94. The Morgan fingerprint density at radius 1 is 0.923 bits per heavy atom. The standard InChI is InChI=1S/C22H36O4/c1-2-3-4-10-15-20(23)16-11-7-5-6-8-12-17-21(24)18-13-9-14-19-22(25)26/h3-4,6-8,11-12,17,20-21,23-24H,2,5,9-10,13-16,18-19H2,1H3,(H,25,26)/b4-3-,8-6-,11-7-,17-12+. The lowest BCUT2D eigenvalue weighted by Gasteiger charge is -2.04. The highest BCUT2D eigenvalue weighted by Gasteiger charge is 2.00. The summed E-state index contributed by atoms with van der Waals surface area (Å²) in [6, 6.07) is 0. The second kappa shape index (κ2) is 18.2. The van der Waals surface area contributed by atoms with Crippen molar-refractivity contribution in [1.29, 1.82) is 0 Å². The molecule has 26 heavy (non-hydrogen) atoms. The Hall–Kier alpha value is -1.65. The fraction of sp³-hybridized carbons (Fsp3) is 0.591. The van der Waals surface area contributed by atoms with E-state index in [2.05, 4.69) is 19.1 Å². The van der Waals surface area contributed by atoms with E-state index in [9.17, 15) is 15.0 Å². The molecule has 0 aliphatic rings. The number of aliphatic hydroxyl groups excluding tert-OH is 2. The van der Waals surface area contributed by atoms with Crippen LogP contribution in [0, 0.1) is 0 Å². The molecule has 148 valence electrons. The summed E-state index contributed by atoms with van der Waals surface area (Å²) in [5.74, 6) is -0.761. The monoisotopic (exact) mass is 364 g/mol. The molecule has 0 rings (SSSR count). The molecule has 0 radical (unpaired) electrons. The van der Waals surface area contributed by atoms with Crippen LogP contribution in [0.1, 0.15) is 71.1 Å². The fourth-order valence-electron chi connectivity index (χ4n) is 2.37. The summed E-state index contributed by atoms with van der Waals surface area (Å²) in [7, 11) is 0. The average Bonchev–Trinajstić information content (AvgIpc) is 2.60. The molecule has 2 unspecified atom stereocenters. The number of carbonyl (C=O) groups is 1. The summed E-state index contributed by atoms with van der Waals surface area (Å²) in [5, 5.41) is 28.1. The van der Waals surface area contributed by atoms with Crippen molar-refractivity contribution in [3.8, 4) is 0 Å². The first-order chi connectivity index (χ1) is 12.6. The first-order valence-electron chi connectivity index (χ1n) is 9.77. The number of aliphatic carboxylic acids is 1. The van der Waals surface area contributed by atoms with Gasteiger partial charge in [0.1, 0.15) is 0 Å². The van der Waals surface area contributed by atoms with E-state index in [1.807, 2.05) is 30.4 Å². The lowest BCUT2D eigenvalue weighted by atomic mass is 10.1. The van der Waals surface area contributed by atoms with Crippen LogP contribution in [0.2, 0.25) is 0 Å². The number of aliphatic hydroxyl groups is 2. The van der Waals surface area contributed by atoms with Gasteiger partial charge in [0.15, 0.2) is 0 Å². The summed E-state index contributed by atoms with van der Waals surface area (Å²) in [5.41, 5.74) is 0. The van der Waals surface area contributed by atoms with Gasteiger partial charge in [-0.15, -0.1) is 0 Å². The Morgan fingerprint density at radius 3 is 2.46 bits per heavy atom. The zero-order chi connectivity index (χ0) is 19.5.